The number of fused-ring (bicyclic) bond motifs is 1. The highest BCUT2D eigenvalue weighted by Crippen LogP contribution is 2.27. The summed E-state index contributed by atoms with van der Waals surface area (Å²) in [6.07, 6.45) is 4.95. The monoisotopic (exact) mass is 467 g/mol. The quantitative estimate of drug-likeness (QED) is 0.336. The lowest BCUT2D eigenvalue weighted by atomic mass is 10.2. The number of benzene rings is 2. The first kappa shape index (κ1) is 21.4. The van der Waals surface area contributed by atoms with Gasteiger partial charge in [-0.05, 0) is 60.7 Å². The number of aromatic nitrogens is 3. The van der Waals surface area contributed by atoms with Crippen LogP contribution in [0.15, 0.2) is 102 Å². The lowest BCUT2D eigenvalue weighted by Gasteiger charge is -2.11. The predicted octanol–water partition coefficient (Wildman–Crippen LogP) is 5.43. The second kappa shape index (κ2) is 9.17. The summed E-state index contributed by atoms with van der Waals surface area (Å²) in [7, 11) is 0. The highest BCUT2D eigenvalue weighted by molar-refractivity contribution is 6.30. The number of halogens is 1. The molecule has 0 fully saturated rings. The number of carbonyl (C=O) groups excluding carboxylic acids is 1. The third kappa shape index (κ3) is 4.37. The van der Waals surface area contributed by atoms with Crippen molar-refractivity contribution < 1.29 is 4.79 Å². The Morgan fingerprint density at radius 1 is 0.882 bits per heavy atom. The molecule has 0 atom stereocenters. The van der Waals surface area contributed by atoms with Crippen LogP contribution in [0.5, 0.6) is 0 Å². The van der Waals surface area contributed by atoms with Crippen molar-refractivity contribution in [2.75, 3.05) is 10.6 Å². The fraction of sp³-hybridized carbons (Fsp3) is 0. The molecule has 2 aromatic carbocycles. The summed E-state index contributed by atoms with van der Waals surface area (Å²) >= 11 is 6.04. The van der Waals surface area contributed by atoms with Crippen LogP contribution in [0.1, 0.15) is 10.4 Å². The first-order valence-corrected chi connectivity index (χ1v) is 10.8. The smallest absolute Gasteiger partial charge is 0.267 e. The average molecular weight is 468 g/mol. The first-order valence-electron chi connectivity index (χ1n) is 10.4. The second-order valence-electron chi connectivity index (χ2n) is 7.47. The molecule has 34 heavy (non-hydrogen) atoms. The fourth-order valence-electron chi connectivity index (χ4n) is 3.58. The van der Waals surface area contributed by atoms with Crippen LogP contribution in [0, 0.1) is 0 Å². The van der Waals surface area contributed by atoms with E-state index in [4.69, 9.17) is 11.6 Å². The van der Waals surface area contributed by atoms with Gasteiger partial charge in [0.25, 0.3) is 11.5 Å². The van der Waals surface area contributed by atoms with Crippen LogP contribution in [0.3, 0.4) is 0 Å². The number of amides is 1. The zero-order chi connectivity index (χ0) is 23.5. The topological polar surface area (TPSA) is 88.9 Å². The van der Waals surface area contributed by atoms with E-state index in [1.165, 1.54) is 10.6 Å². The number of nitrogens with zero attached hydrogens (tertiary/aromatic N) is 3. The van der Waals surface area contributed by atoms with Crippen LogP contribution < -0.4 is 16.2 Å². The Bertz CT molecular complexity index is 1550. The number of para-hydroxylation sites is 1. The Kier molecular flexibility index (Phi) is 5.76. The summed E-state index contributed by atoms with van der Waals surface area (Å²) in [5.41, 5.74) is 3.29. The van der Waals surface area contributed by atoms with Gasteiger partial charge in [-0.3, -0.25) is 19.1 Å². The molecule has 3 aromatic heterocycles. The largest absolute Gasteiger partial charge is 0.355 e. The molecular weight excluding hydrogens is 450 g/mol. The van der Waals surface area contributed by atoms with Crippen molar-refractivity contribution in [2.24, 2.45) is 0 Å². The predicted molar refractivity (Wildman–Crippen MR) is 134 cm³/mol. The molecule has 3 heterocycles. The van der Waals surface area contributed by atoms with E-state index in [1.54, 1.807) is 42.9 Å². The molecule has 2 N–H and O–H groups in total. The van der Waals surface area contributed by atoms with Gasteiger partial charge in [0.1, 0.15) is 10.7 Å². The van der Waals surface area contributed by atoms with Gasteiger partial charge < -0.3 is 10.6 Å². The molecule has 0 saturated heterocycles. The Balaban J connectivity index is 1.34. The van der Waals surface area contributed by atoms with E-state index in [9.17, 15) is 9.59 Å². The lowest BCUT2D eigenvalue weighted by molar-refractivity contribution is 0.102. The van der Waals surface area contributed by atoms with Crippen LogP contribution in [0.4, 0.5) is 17.1 Å². The van der Waals surface area contributed by atoms with Crippen LogP contribution in [0.2, 0.25) is 5.15 Å². The number of hydrogen-bond donors (Lipinski definition) is 2. The minimum Gasteiger partial charge on any atom is -0.355 e. The Morgan fingerprint density at radius 2 is 1.65 bits per heavy atom. The molecule has 5 rings (SSSR count). The molecular formula is C26H18ClN5O2. The number of hydrogen-bond acceptors (Lipinski definition) is 5. The van der Waals surface area contributed by atoms with Gasteiger partial charge in [-0.25, -0.2) is 4.98 Å². The minimum atomic E-state index is -0.474. The molecule has 0 unspecified atom stereocenters. The second-order valence-corrected chi connectivity index (χ2v) is 7.86. The van der Waals surface area contributed by atoms with E-state index in [1.807, 2.05) is 48.5 Å². The Labute approximate surface area is 199 Å². The molecule has 0 spiro atoms. The maximum atomic E-state index is 12.9. The number of nitrogens with one attached hydrogen (secondary N) is 2. The molecule has 0 aliphatic carbocycles. The number of carbonyl (C=O) groups is 1. The summed E-state index contributed by atoms with van der Waals surface area (Å²) in [5.74, 6) is -0.474. The van der Waals surface area contributed by atoms with Crippen LogP contribution >= 0.6 is 11.6 Å². The highest BCUT2D eigenvalue weighted by Gasteiger charge is 2.13. The Morgan fingerprint density at radius 3 is 2.44 bits per heavy atom. The van der Waals surface area contributed by atoms with E-state index < -0.39 is 5.91 Å². The molecule has 0 saturated carbocycles. The fourth-order valence-corrected chi connectivity index (χ4v) is 3.74. The molecule has 0 radical (unpaired) electrons. The maximum Gasteiger partial charge on any atom is 0.267 e. The summed E-state index contributed by atoms with van der Waals surface area (Å²) in [6, 6.07) is 23.1. The molecule has 5 aromatic rings. The SMILES string of the molecule is O=C(Nc1ccc(Nc2ccnc3cnc(Cl)cc23)cc1)c1cccn(-c2ccccc2)c1=O. The van der Waals surface area contributed by atoms with E-state index in [-0.39, 0.29) is 11.1 Å². The van der Waals surface area contributed by atoms with Gasteiger partial charge >= 0.3 is 0 Å². The number of pyridine rings is 3. The van der Waals surface area contributed by atoms with Gasteiger partial charge in [0.2, 0.25) is 0 Å². The van der Waals surface area contributed by atoms with E-state index in [0.29, 0.717) is 16.5 Å². The van der Waals surface area contributed by atoms with Crippen molar-refractivity contribution in [3.8, 4) is 5.69 Å². The van der Waals surface area contributed by atoms with E-state index in [2.05, 4.69) is 20.6 Å². The van der Waals surface area contributed by atoms with Gasteiger partial charge in [0, 0.05) is 40.5 Å². The van der Waals surface area contributed by atoms with Crippen LogP contribution in [-0.4, -0.2) is 20.4 Å². The van der Waals surface area contributed by atoms with Crippen LogP contribution in [-0.2, 0) is 0 Å². The normalized spacial score (nSPS) is 10.7. The number of anilines is 3. The Hall–Kier alpha value is -4.49. The van der Waals surface area contributed by atoms with Gasteiger partial charge in [0.05, 0.1) is 11.7 Å². The minimum absolute atomic E-state index is 0.0577. The summed E-state index contributed by atoms with van der Waals surface area (Å²) < 4.78 is 1.45. The van der Waals surface area contributed by atoms with Crippen LogP contribution in [0.25, 0.3) is 16.6 Å². The van der Waals surface area contributed by atoms with Gasteiger partial charge in [0.15, 0.2) is 0 Å². The van der Waals surface area contributed by atoms with Gasteiger partial charge in [-0.2, -0.15) is 0 Å². The lowest BCUT2D eigenvalue weighted by Crippen LogP contribution is -2.27. The highest BCUT2D eigenvalue weighted by atomic mass is 35.5. The first-order chi connectivity index (χ1) is 16.6. The molecule has 0 aliphatic heterocycles. The summed E-state index contributed by atoms with van der Waals surface area (Å²) in [6.45, 7) is 0. The zero-order valence-corrected chi connectivity index (χ0v) is 18.5. The van der Waals surface area contributed by atoms with Gasteiger partial charge in [-0.15, -0.1) is 0 Å². The molecule has 8 heteroatoms. The van der Waals surface area contributed by atoms with Gasteiger partial charge in [-0.1, -0.05) is 29.8 Å². The molecule has 1 amide bonds. The third-order valence-electron chi connectivity index (χ3n) is 5.24. The van der Waals surface area contributed by atoms with Crippen molar-refractivity contribution in [1.82, 2.24) is 14.5 Å². The molecule has 166 valence electrons. The van der Waals surface area contributed by atoms with E-state index in [0.717, 1.165) is 22.3 Å². The zero-order valence-electron chi connectivity index (χ0n) is 17.8. The number of rotatable bonds is 5. The van der Waals surface area contributed by atoms with Crippen molar-refractivity contribution in [3.63, 3.8) is 0 Å². The van der Waals surface area contributed by atoms with Crippen molar-refractivity contribution in [2.45, 2.75) is 0 Å². The third-order valence-corrected chi connectivity index (χ3v) is 5.45. The summed E-state index contributed by atoms with van der Waals surface area (Å²) in [4.78, 5) is 34.0. The molecule has 0 aliphatic rings. The van der Waals surface area contributed by atoms with Crippen molar-refractivity contribution in [3.05, 3.63) is 119 Å². The maximum absolute atomic E-state index is 12.9. The summed E-state index contributed by atoms with van der Waals surface area (Å²) in [5, 5.41) is 7.35. The van der Waals surface area contributed by atoms with Crippen molar-refractivity contribution in [1.29, 1.82) is 0 Å². The average Bonchev–Trinajstić information content (AvgIpc) is 2.86. The standard InChI is InChI=1S/C26H18ClN5O2/c27-24-15-21-22(12-13-28-23(21)16-29-24)30-17-8-10-18(11-9-17)31-25(33)20-7-4-14-32(26(20)34)19-5-2-1-3-6-19/h1-16H,(H,28,30)(H,31,33). The van der Waals surface area contributed by atoms with E-state index >= 15 is 0 Å². The molecule has 7 nitrogen and oxygen atoms in total. The molecule has 0 bridgehead atoms. The van der Waals surface area contributed by atoms with Crippen molar-refractivity contribution >= 4 is 45.5 Å².